The smallest absolute Gasteiger partial charge is 0.274 e. The van der Waals surface area contributed by atoms with Crippen molar-refractivity contribution in [1.29, 1.82) is 0 Å². The molecule has 0 atom stereocenters. The average Bonchev–Trinajstić information content (AvgIpc) is 2.85. The maximum Gasteiger partial charge on any atom is 0.274 e. The lowest BCUT2D eigenvalue weighted by Gasteiger charge is -2.32. The van der Waals surface area contributed by atoms with E-state index in [1.54, 1.807) is 4.68 Å². The molecule has 1 saturated heterocycles. The number of hydrogen-bond donors (Lipinski definition) is 2. The van der Waals surface area contributed by atoms with E-state index in [0.29, 0.717) is 43.5 Å². The molecule has 7 nitrogen and oxygen atoms in total. The van der Waals surface area contributed by atoms with Crippen LogP contribution in [-0.4, -0.2) is 46.1 Å². The summed E-state index contributed by atoms with van der Waals surface area (Å²) >= 11 is 0. The van der Waals surface area contributed by atoms with Crippen LogP contribution in [0.3, 0.4) is 0 Å². The molecule has 2 rings (SSSR count). The first-order chi connectivity index (χ1) is 10.0. The van der Waals surface area contributed by atoms with Gasteiger partial charge in [0.05, 0.1) is 11.9 Å². The lowest BCUT2D eigenvalue weighted by Crippen LogP contribution is -2.42. The molecule has 1 aromatic rings. The fourth-order valence-electron chi connectivity index (χ4n) is 2.65. The molecule has 2 amide bonds. The Hall–Kier alpha value is -2.05. The van der Waals surface area contributed by atoms with Gasteiger partial charge in [-0.05, 0) is 25.7 Å². The Kier molecular flexibility index (Phi) is 4.82. The number of rotatable bonds is 4. The molecule has 2 heterocycles. The fraction of sp³-hybridized carbons (Fsp3) is 0.643. The van der Waals surface area contributed by atoms with E-state index in [9.17, 15) is 9.59 Å². The van der Waals surface area contributed by atoms with Gasteiger partial charge in [0.2, 0.25) is 5.91 Å². The van der Waals surface area contributed by atoms with Crippen molar-refractivity contribution in [3.63, 3.8) is 0 Å². The minimum absolute atomic E-state index is 0.00636. The number of nitrogen functional groups attached to an aromatic ring is 1. The summed E-state index contributed by atoms with van der Waals surface area (Å²) in [6.07, 6.45) is 3.32. The maximum atomic E-state index is 12.5. The van der Waals surface area contributed by atoms with Gasteiger partial charge in [-0.1, -0.05) is 0 Å². The third-order valence-corrected chi connectivity index (χ3v) is 3.91. The summed E-state index contributed by atoms with van der Waals surface area (Å²) < 4.78 is 1.64. The van der Waals surface area contributed by atoms with Crippen LogP contribution in [0.5, 0.6) is 0 Å². The van der Waals surface area contributed by atoms with Crippen molar-refractivity contribution in [2.45, 2.75) is 33.2 Å². The number of aromatic nitrogens is 2. The van der Waals surface area contributed by atoms with E-state index in [-0.39, 0.29) is 11.8 Å². The number of hydrogen-bond acceptors (Lipinski definition) is 4. The highest BCUT2D eigenvalue weighted by molar-refractivity contribution is 5.97. The number of carbonyl (C=O) groups excluding carboxylic acids is 2. The Bertz CT molecular complexity index is 517. The summed E-state index contributed by atoms with van der Waals surface area (Å²) in [4.78, 5) is 25.3. The van der Waals surface area contributed by atoms with Crippen molar-refractivity contribution >= 4 is 17.5 Å². The zero-order valence-electron chi connectivity index (χ0n) is 12.6. The number of aryl methyl sites for hydroxylation is 1. The average molecular weight is 293 g/mol. The van der Waals surface area contributed by atoms with E-state index in [4.69, 9.17) is 5.73 Å². The Morgan fingerprint density at radius 3 is 2.67 bits per heavy atom. The Morgan fingerprint density at radius 1 is 1.43 bits per heavy atom. The molecule has 0 aliphatic carbocycles. The second-order valence-corrected chi connectivity index (χ2v) is 5.44. The van der Waals surface area contributed by atoms with E-state index in [0.717, 1.165) is 12.8 Å². The highest BCUT2D eigenvalue weighted by Gasteiger charge is 2.27. The molecule has 0 radical (unpaired) electrons. The molecule has 0 aromatic carbocycles. The monoisotopic (exact) mass is 293 g/mol. The van der Waals surface area contributed by atoms with Crippen LogP contribution in [0.15, 0.2) is 6.20 Å². The van der Waals surface area contributed by atoms with Gasteiger partial charge in [0.25, 0.3) is 5.91 Å². The first-order valence-corrected chi connectivity index (χ1v) is 7.38. The SMILES string of the molecule is CCn1ncc(N)c1C(=O)N1CCC(CNC(C)=O)CC1. The van der Waals surface area contributed by atoms with Gasteiger partial charge in [-0.25, -0.2) is 0 Å². The van der Waals surface area contributed by atoms with Crippen LogP contribution < -0.4 is 11.1 Å². The number of anilines is 1. The summed E-state index contributed by atoms with van der Waals surface area (Å²) in [6, 6.07) is 0. The van der Waals surface area contributed by atoms with Crippen LogP contribution in [0.4, 0.5) is 5.69 Å². The molecule has 0 spiro atoms. The molecule has 3 N–H and O–H groups in total. The summed E-state index contributed by atoms with van der Waals surface area (Å²) in [5, 5.41) is 6.95. The van der Waals surface area contributed by atoms with Crippen molar-refractivity contribution in [2.24, 2.45) is 5.92 Å². The number of amides is 2. The third-order valence-electron chi connectivity index (χ3n) is 3.91. The number of likely N-dealkylation sites (tertiary alicyclic amines) is 1. The van der Waals surface area contributed by atoms with Gasteiger partial charge in [-0.3, -0.25) is 14.3 Å². The summed E-state index contributed by atoms with van der Waals surface area (Å²) in [7, 11) is 0. The zero-order valence-corrected chi connectivity index (χ0v) is 12.6. The molecule has 0 saturated carbocycles. The van der Waals surface area contributed by atoms with Gasteiger partial charge >= 0.3 is 0 Å². The lowest BCUT2D eigenvalue weighted by atomic mass is 9.96. The van der Waals surface area contributed by atoms with E-state index >= 15 is 0 Å². The number of piperidine rings is 1. The number of nitrogens with zero attached hydrogens (tertiary/aromatic N) is 3. The standard InChI is InChI=1S/C14H23N5O2/c1-3-19-13(12(15)9-17-19)14(21)18-6-4-11(5-7-18)8-16-10(2)20/h9,11H,3-8,15H2,1-2H3,(H,16,20). The van der Waals surface area contributed by atoms with Crippen LogP contribution >= 0.6 is 0 Å². The van der Waals surface area contributed by atoms with Crippen LogP contribution in [0.25, 0.3) is 0 Å². The molecular weight excluding hydrogens is 270 g/mol. The predicted octanol–water partition coefficient (Wildman–Crippen LogP) is 0.473. The van der Waals surface area contributed by atoms with Gasteiger partial charge in [-0.2, -0.15) is 5.10 Å². The fourth-order valence-corrected chi connectivity index (χ4v) is 2.65. The van der Waals surface area contributed by atoms with Gasteiger partial charge in [0, 0.05) is 33.1 Å². The zero-order chi connectivity index (χ0) is 15.4. The summed E-state index contributed by atoms with van der Waals surface area (Å²) in [6.45, 7) is 6.15. The lowest BCUT2D eigenvalue weighted by molar-refractivity contribution is -0.119. The van der Waals surface area contributed by atoms with Gasteiger partial charge in [0.15, 0.2) is 0 Å². The summed E-state index contributed by atoms with van der Waals surface area (Å²) in [5.74, 6) is 0.379. The van der Waals surface area contributed by atoms with Crippen LogP contribution in [-0.2, 0) is 11.3 Å². The van der Waals surface area contributed by atoms with Crippen LogP contribution in [0.2, 0.25) is 0 Å². The molecule has 7 heteroatoms. The molecule has 116 valence electrons. The van der Waals surface area contributed by atoms with Crippen molar-refractivity contribution in [3.8, 4) is 0 Å². The normalized spacial score (nSPS) is 16.0. The predicted molar refractivity (Wildman–Crippen MR) is 79.6 cm³/mol. The Labute approximate surface area is 124 Å². The Balaban J connectivity index is 1.94. The quantitative estimate of drug-likeness (QED) is 0.844. The second kappa shape index (κ2) is 6.60. The van der Waals surface area contributed by atoms with Crippen molar-refractivity contribution in [2.75, 3.05) is 25.4 Å². The Morgan fingerprint density at radius 2 is 2.10 bits per heavy atom. The topological polar surface area (TPSA) is 93.2 Å². The molecule has 0 bridgehead atoms. The minimum atomic E-state index is -0.0511. The van der Waals surface area contributed by atoms with Crippen LogP contribution in [0.1, 0.15) is 37.2 Å². The number of nitrogens with one attached hydrogen (secondary N) is 1. The maximum absolute atomic E-state index is 12.5. The highest BCUT2D eigenvalue weighted by Crippen LogP contribution is 2.20. The van der Waals surface area contributed by atoms with E-state index in [1.807, 2.05) is 11.8 Å². The molecule has 1 aliphatic heterocycles. The van der Waals surface area contributed by atoms with E-state index in [2.05, 4.69) is 10.4 Å². The van der Waals surface area contributed by atoms with E-state index in [1.165, 1.54) is 13.1 Å². The van der Waals surface area contributed by atoms with Gasteiger partial charge < -0.3 is 16.0 Å². The third kappa shape index (κ3) is 3.53. The second-order valence-electron chi connectivity index (χ2n) is 5.44. The molecule has 21 heavy (non-hydrogen) atoms. The molecule has 0 unspecified atom stereocenters. The van der Waals surface area contributed by atoms with Crippen molar-refractivity contribution in [3.05, 3.63) is 11.9 Å². The van der Waals surface area contributed by atoms with Crippen molar-refractivity contribution < 1.29 is 9.59 Å². The molecule has 1 aliphatic rings. The number of nitrogens with two attached hydrogens (primary N) is 1. The highest BCUT2D eigenvalue weighted by atomic mass is 16.2. The number of carbonyl (C=O) groups is 2. The first-order valence-electron chi connectivity index (χ1n) is 7.38. The first kappa shape index (κ1) is 15.3. The van der Waals surface area contributed by atoms with Gasteiger partial charge in [-0.15, -0.1) is 0 Å². The van der Waals surface area contributed by atoms with Gasteiger partial charge in [0.1, 0.15) is 5.69 Å². The van der Waals surface area contributed by atoms with E-state index < -0.39 is 0 Å². The minimum Gasteiger partial charge on any atom is -0.396 e. The van der Waals surface area contributed by atoms with Crippen molar-refractivity contribution in [1.82, 2.24) is 20.0 Å². The molecular formula is C14H23N5O2. The summed E-state index contributed by atoms with van der Waals surface area (Å²) in [5.41, 5.74) is 6.77. The largest absolute Gasteiger partial charge is 0.396 e. The molecule has 1 fully saturated rings. The van der Waals surface area contributed by atoms with Crippen LogP contribution in [0, 0.1) is 5.92 Å². The molecule has 1 aromatic heterocycles.